The van der Waals surface area contributed by atoms with Crippen molar-refractivity contribution >= 4 is 23.7 Å². The summed E-state index contributed by atoms with van der Waals surface area (Å²) < 4.78 is 5.47. The first-order valence-corrected chi connectivity index (χ1v) is 5.31. The maximum absolute atomic E-state index is 5.47. The van der Waals surface area contributed by atoms with Crippen LogP contribution < -0.4 is 0 Å². The number of benzene rings is 1. The second-order valence-electron chi connectivity index (χ2n) is 3.80. The van der Waals surface area contributed by atoms with Crippen molar-refractivity contribution in [2.24, 2.45) is 0 Å². The number of fused-ring (bicyclic) bond motifs is 1. The molecular weight excluding hydrogens is 208 g/mol. The quantitative estimate of drug-likeness (QED) is 0.625. The van der Waals surface area contributed by atoms with Crippen molar-refractivity contribution in [3.8, 4) is 0 Å². The van der Waals surface area contributed by atoms with Gasteiger partial charge in [0, 0.05) is 6.92 Å². The average molecular weight is 222 g/mol. The summed E-state index contributed by atoms with van der Waals surface area (Å²) in [6, 6.07) is 5.99. The fraction of sp³-hybridized carbons (Fsp3) is 0.364. The fourth-order valence-electron chi connectivity index (χ4n) is 1.52. The molecule has 0 N–H and O–H groups in total. The number of thiol groups is 1. The molecule has 0 spiro atoms. The van der Waals surface area contributed by atoms with Gasteiger partial charge >= 0.3 is 0 Å². The van der Waals surface area contributed by atoms with Crippen LogP contribution in [-0.2, 0) is 0 Å². The highest BCUT2D eigenvalue weighted by Gasteiger charge is 2.11. The smallest absolute Gasteiger partial charge is 0.192 e. The average Bonchev–Trinajstić information content (AvgIpc) is 2.55. The van der Waals surface area contributed by atoms with Crippen LogP contribution in [0.5, 0.6) is 0 Å². The topological polar surface area (TPSA) is 29.3 Å². The standard InChI is InChI=1S/C11H14N2OS/c1-7-12-9-5-4-8(6-10(9)14-7)11(15)13(2)3/h4-6,11,15H,1-3H3. The third-order valence-corrected chi connectivity index (χ3v) is 3.07. The Balaban J connectivity index is 2.46. The summed E-state index contributed by atoms with van der Waals surface area (Å²) >= 11 is 4.51. The zero-order valence-corrected chi connectivity index (χ0v) is 9.95. The fourth-order valence-corrected chi connectivity index (χ4v) is 1.68. The van der Waals surface area contributed by atoms with Gasteiger partial charge in [-0.3, -0.25) is 4.90 Å². The minimum absolute atomic E-state index is 0.0832. The van der Waals surface area contributed by atoms with E-state index < -0.39 is 0 Å². The molecule has 0 aliphatic heterocycles. The summed E-state index contributed by atoms with van der Waals surface area (Å²) in [5.41, 5.74) is 2.84. The van der Waals surface area contributed by atoms with E-state index in [1.807, 2.05) is 44.1 Å². The maximum Gasteiger partial charge on any atom is 0.192 e. The summed E-state index contributed by atoms with van der Waals surface area (Å²) in [6.07, 6.45) is 0. The predicted molar refractivity (Wildman–Crippen MR) is 64.2 cm³/mol. The number of aryl methyl sites for hydroxylation is 1. The second-order valence-corrected chi connectivity index (χ2v) is 4.29. The molecule has 15 heavy (non-hydrogen) atoms. The minimum atomic E-state index is 0.0832. The van der Waals surface area contributed by atoms with E-state index in [1.54, 1.807) is 0 Å². The third-order valence-electron chi connectivity index (χ3n) is 2.31. The Bertz CT molecular complexity index is 478. The van der Waals surface area contributed by atoms with E-state index in [-0.39, 0.29) is 5.37 Å². The molecule has 0 fully saturated rings. The van der Waals surface area contributed by atoms with Crippen molar-refractivity contribution in [3.05, 3.63) is 29.7 Å². The second kappa shape index (κ2) is 3.87. The molecule has 1 unspecified atom stereocenters. The van der Waals surface area contributed by atoms with Crippen LogP contribution in [0.3, 0.4) is 0 Å². The molecule has 0 saturated heterocycles. The number of oxazole rings is 1. The largest absolute Gasteiger partial charge is 0.441 e. The van der Waals surface area contributed by atoms with Gasteiger partial charge in [-0.2, -0.15) is 12.6 Å². The normalized spacial score (nSPS) is 13.7. The molecule has 4 heteroatoms. The lowest BCUT2D eigenvalue weighted by Crippen LogP contribution is -2.14. The Morgan fingerprint density at radius 1 is 1.40 bits per heavy atom. The molecular formula is C11H14N2OS. The first-order valence-electron chi connectivity index (χ1n) is 4.79. The van der Waals surface area contributed by atoms with Gasteiger partial charge in [0.2, 0.25) is 0 Å². The third kappa shape index (κ3) is 2.01. The number of hydrogen-bond donors (Lipinski definition) is 1. The highest BCUT2D eigenvalue weighted by molar-refractivity contribution is 7.80. The van der Waals surface area contributed by atoms with Gasteiger partial charge in [0.05, 0.1) is 5.37 Å². The summed E-state index contributed by atoms with van der Waals surface area (Å²) in [4.78, 5) is 6.29. The van der Waals surface area contributed by atoms with Gasteiger partial charge in [-0.25, -0.2) is 4.98 Å². The van der Waals surface area contributed by atoms with Crippen LogP contribution in [0.15, 0.2) is 22.6 Å². The van der Waals surface area contributed by atoms with Gasteiger partial charge in [-0.05, 0) is 31.8 Å². The van der Waals surface area contributed by atoms with Crippen molar-refractivity contribution in [3.63, 3.8) is 0 Å². The molecule has 0 saturated carbocycles. The molecule has 1 heterocycles. The highest BCUT2D eigenvalue weighted by Crippen LogP contribution is 2.25. The first kappa shape index (κ1) is 10.5. The molecule has 1 aromatic carbocycles. The Labute approximate surface area is 94.5 Å². The van der Waals surface area contributed by atoms with Gasteiger partial charge < -0.3 is 4.42 Å². The molecule has 2 aromatic rings. The Hall–Kier alpha value is -1.00. The zero-order chi connectivity index (χ0) is 11.0. The van der Waals surface area contributed by atoms with E-state index >= 15 is 0 Å². The van der Waals surface area contributed by atoms with Crippen LogP contribution in [-0.4, -0.2) is 24.0 Å². The molecule has 1 aromatic heterocycles. The molecule has 0 bridgehead atoms. The molecule has 0 aliphatic rings. The van der Waals surface area contributed by atoms with Crippen LogP contribution in [0.25, 0.3) is 11.1 Å². The van der Waals surface area contributed by atoms with E-state index in [0.717, 1.165) is 16.7 Å². The van der Waals surface area contributed by atoms with Crippen molar-refractivity contribution in [1.82, 2.24) is 9.88 Å². The molecule has 0 aliphatic carbocycles. The SMILES string of the molecule is Cc1nc2ccc(C(S)N(C)C)cc2o1. The lowest BCUT2D eigenvalue weighted by Gasteiger charge is -2.18. The lowest BCUT2D eigenvalue weighted by molar-refractivity contribution is 0.393. The summed E-state index contributed by atoms with van der Waals surface area (Å²) in [7, 11) is 3.99. The molecule has 1 atom stereocenters. The maximum atomic E-state index is 5.47. The van der Waals surface area contributed by atoms with E-state index in [0.29, 0.717) is 5.89 Å². The van der Waals surface area contributed by atoms with Crippen LogP contribution >= 0.6 is 12.6 Å². The zero-order valence-electron chi connectivity index (χ0n) is 9.06. The van der Waals surface area contributed by atoms with Crippen LogP contribution in [0.1, 0.15) is 16.8 Å². The van der Waals surface area contributed by atoms with Gasteiger partial charge in [0.1, 0.15) is 5.52 Å². The number of aromatic nitrogens is 1. The van der Waals surface area contributed by atoms with E-state index in [2.05, 4.69) is 17.6 Å². The van der Waals surface area contributed by atoms with E-state index in [1.165, 1.54) is 0 Å². The number of nitrogens with zero attached hydrogens (tertiary/aromatic N) is 2. The van der Waals surface area contributed by atoms with Gasteiger partial charge in [-0.15, -0.1) is 0 Å². The van der Waals surface area contributed by atoms with Crippen molar-refractivity contribution in [2.45, 2.75) is 12.3 Å². The first-order chi connectivity index (χ1) is 7.08. The van der Waals surface area contributed by atoms with Gasteiger partial charge in [0.15, 0.2) is 11.5 Å². The van der Waals surface area contributed by atoms with Crippen molar-refractivity contribution in [1.29, 1.82) is 0 Å². The summed E-state index contributed by atoms with van der Waals surface area (Å²) in [5.74, 6) is 0.697. The Kier molecular flexibility index (Phi) is 2.71. The van der Waals surface area contributed by atoms with Gasteiger partial charge in [0.25, 0.3) is 0 Å². The molecule has 0 radical (unpaired) electrons. The highest BCUT2D eigenvalue weighted by atomic mass is 32.1. The van der Waals surface area contributed by atoms with Crippen LogP contribution in [0, 0.1) is 6.92 Å². The summed E-state index contributed by atoms with van der Waals surface area (Å²) in [5, 5.41) is 0.0832. The van der Waals surface area contributed by atoms with Crippen LogP contribution in [0.2, 0.25) is 0 Å². The van der Waals surface area contributed by atoms with Gasteiger partial charge in [-0.1, -0.05) is 6.07 Å². The molecule has 0 amide bonds. The Morgan fingerprint density at radius 2 is 2.13 bits per heavy atom. The monoisotopic (exact) mass is 222 g/mol. The number of hydrogen-bond acceptors (Lipinski definition) is 4. The molecule has 2 rings (SSSR count). The minimum Gasteiger partial charge on any atom is -0.441 e. The van der Waals surface area contributed by atoms with E-state index in [9.17, 15) is 0 Å². The lowest BCUT2D eigenvalue weighted by atomic mass is 10.2. The van der Waals surface area contributed by atoms with Crippen molar-refractivity contribution in [2.75, 3.05) is 14.1 Å². The molecule has 80 valence electrons. The van der Waals surface area contributed by atoms with Crippen LogP contribution in [0.4, 0.5) is 0 Å². The number of rotatable bonds is 2. The summed E-state index contributed by atoms with van der Waals surface area (Å²) in [6.45, 7) is 1.85. The predicted octanol–water partition coefficient (Wildman–Crippen LogP) is 2.63. The van der Waals surface area contributed by atoms with Crippen molar-refractivity contribution < 1.29 is 4.42 Å². The molecule has 3 nitrogen and oxygen atoms in total. The van der Waals surface area contributed by atoms with E-state index in [4.69, 9.17) is 4.42 Å². The Morgan fingerprint density at radius 3 is 2.80 bits per heavy atom.